The van der Waals surface area contributed by atoms with Crippen LogP contribution in [0.5, 0.6) is 0 Å². The van der Waals surface area contributed by atoms with E-state index in [-0.39, 0.29) is 12.4 Å². The maximum atomic E-state index is 13.8. The number of carboxylic acids is 1. The Bertz CT molecular complexity index is 826. The zero-order chi connectivity index (χ0) is 17.1. The molecular formula is C20H18FNO2. The Morgan fingerprint density at radius 3 is 2.54 bits per heavy atom. The number of rotatable bonds is 5. The summed E-state index contributed by atoms with van der Waals surface area (Å²) in [5, 5.41) is 9.25. The molecule has 1 heterocycles. The van der Waals surface area contributed by atoms with E-state index < -0.39 is 5.97 Å². The number of halogens is 1. The second kappa shape index (κ2) is 6.71. The van der Waals surface area contributed by atoms with Gasteiger partial charge in [0.15, 0.2) is 0 Å². The Labute approximate surface area is 140 Å². The third-order valence-corrected chi connectivity index (χ3v) is 4.13. The SMILES string of the molecule is C=C1C=C(CCc2ccccc2F)N(CC(=O)O)c2ccccc21. The quantitative estimate of drug-likeness (QED) is 0.894. The summed E-state index contributed by atoms with van der Waals surface area (Å²) in [7, 11) is 0. The maximum Gasteiger partial charge on any atom is 0.323 e. The minimum atomic E-state index is -0.908. The zero-order valence-electron chi connectivity index (χ0n) is 13.2. The van der Waals surface area contributed by atoms with Crippen LogP contribution in [0.2, 0.25) is 0 Å². The molecule has 1 aliphatic heterocycles. The number of para-hydroxylation sites is 1. The van der Waals surface area contributed by atoms with Crippen LogP contribution in [0.25, 0.3) is 5.57 Å². The standard InChI is InChI=1S/C20H18FNO2/c1-14-12-16(11-10-15-6-2-4-8-18(15)21)22(13-20(23)24)19-9-5-3-7-17(14)19/h2-9,12H,1,10-11,13H2,(H,23,24). The highest BCUT2D eigenvalue weighted by Crippen LogP contribution is 2.36. The lowest BCUT2D eigenvalue weighted by Crippen LogP contribution is -2.31. The minimum absolute atomic E-state index is 0.132. The number of benzene rings is 2. The minimum Gasteiger partial charge on any atom is -0.480 e. The molecule has 0 unspecified atom stereocenters. The molecule has 0 spiro atoms. The molecule has 0 saturated carbocycles. The Kier molecular flexibility index (Phi) is 4.47. The zero-order valence-corrected chi connectivity index (χ0v) is 13.2. The number of aliphatic carboxylic acids is 1. The van der Waals surface area contributed by atoms with E-state index in [0.29, 0.717) is 18.4 Å². The molecule has 0 bridgehead atoms. The highest BCUT2D eigenvalue weighted by atomic mass is 19.1. The van der Waals surface area contributed by atoms with Crippen LogP contribution in [0.3, 0.4) is 0 Å². The highest BCUT2D eigenvalue weighted by molar-refractivity contribution is 5.88. The maximum absolute atomic E-state index is 13.8. The predicted octanol–water partition coefficient (Wildman–Crippen LogP) is 4.26. The Morgan fingerprint density at radius 2 is 1.79 bits per heavy atom. The van der Waals surface area contributed by atoms with Crippen molar-refractivity contribution in [1.29, 1.82) is 0 Å². The fraction of sp³-hybridized carbons (Fsp3) is 0.150. The van der Waals surface area contributed by atoms with Crippen molar-refractivity contribution in [2.24, 2.45) is 0 Å². The third-order valence-electron chi connectivity index (χ3n) is 4.13. The average Bonchev–Trinajstić information content (AvgIpc) is 2.57. The first-order valence-corrected chi connectivity index (χ1v) is 7.78. The largest absolute Gasteiger partial charge is 0.480 e. The molecule has 0 radical (unpaired) electrons. The van der Waals surface area contributed by atoms with E-state index in [4.69, 9.17) is 0 Å². The normalized spacial score (nSPS) is 13.5. The molecule has 4 heteroatoms. The van der Waals surface area contributed by atoms with Crippen molar-refractivity contribution in [2.75, 3.05) is 11.4 Å². The summed E-state index contributed by atoms with van der Waals surface area (Å²) in [5.74, 6) is -1.15. The van der Waals surface area contributed by atoms with Crippen LogP contribution >= 0.6 is 0 Å². The van der Waals surface area contributed by atoms with Crippen LogP contribution in [0, 0.1) is 5.82 Å². The first-order valence-electron chi connectivity index (χ1n) is 7.78. The number of carboxylic acid groups (broad SMARTS) is 1. The first-order chi connectivity index (χ1) is 11.6. The number of nitrogens with zero attached hydrogens (tertiary/aromatic N) is 1. The molecule has 2 aromatic carbocycles. The summed E-state index contributed by atoms with van der Waals surface area (Å²) in [6, 6.07) is 14.2. The van der Waals surface area contributed by atoms with Gasteiger partial charge in [0, 0.05) is 16.9 Å². The van der Waals surface area contributed by atoms with Gasteiger partial charge in [-0.2, -0.15) is 0 Å². The van der Waals surface area contributed by atoms with E-state index in [1.54, 1.807) is 23.1 Å². The van der Waals surface area contributed by atoms with Crippen molar-refractivity contribution >= 4 is 17.2 Å². The van der Waals surface area contributed by atoms with Gasteiger partial charge in [0.25, 0.3) is 0 Å². The van der Waals surface area contributed by atoms with Crippen LogP contribution in [0.1, 0.15) is 17.5 Å². The van der Waals surface area contributed by atoms with E-state index in [9.17, 15) is 14.3 Å². The van der Waals surface area contributed by atoms with Gasteiger partial charge >= 0.3 is 5.97 Å². The van der Waals surface area contributed by atoms with E-state index in [1.807, 2.05) is 30.3 Å². The molecule has 0 aromatic heterocycles. The van der Waals surface area contributed by atoms with Gasteiger partial charge in [-0.25, -0.2) is 4.39 Å². The molecule has 0 saturated heterocycles. The van der Waals surface area contributed by atoms with E-state index in [1.165, 1.54) is 6.07 Å². The van der Waals surface area contributed by atoms with E-state index in [2.05, 4.69) is 6.58 Å². The molecule has 1 N–H and O–H groups in total. The molecule has 2 aromatic rings. The third kappa shape index (κ3) is 3.23. The fourth-order valence-electron chi connectivity index (χ4n) is 2.99. The summed E-state index contributed by atoms with van der Waals surface area (Å²) >= 11 is 0. The van der Waals surface area contributed by atoms with E-state index in [0.717, 1.165) is 22.5 Å². The summed E-state index contributed by atoms with van der Waals surface area (Å²) in [5.41, 5.74) is 4.06. The molecule has 0 atom stereocenters. The lowest BCUT2D eigenvalue weighted by atomic mass is 9.96. The number of fused-ring (bicyclic) bond motifs is 1. The second-order valence-electron chi connectivity index (χ2n) is 5.75. The smallest absolute Gasteiger partial charge is 0.323 e. The number of allylic oxidation sites excluding steroid dienone is 3. The van der Waals surface area contributed by atoms with Gasteiger partial charge in [0.05, 0.1) is 0 Å². The number of anilines is 1. The summed E-state index contributed by atoms with van der Waals surface area (Å²) in [4.78, 5) is 13.1. The topological polar surface area (TPSA) is 40.5 Å². The molecule has 0 fully saturated rings. The Hall–Kier alpha value is -2.88. The molecular weight excluding hydrogens is 305 g/mol. The molecule has 24 heavy (non-hydrogen) atoms. The average molecular weight is 323 g/mol. The Balaban J connectivity index is 1.89. The van der Waals surface area contributed by atoms with E-state index >= 15 is 0 Å². The molecule has 3 nitrogen and oxygen atoms in total. The van der Waals surface area contributed by atoms with Crippen LogP contribution in [-0.2, 0) is 11.2 Å². The second-order valence-corrected chi connectivity index (χ2v) is 5.75. The number of hydrogen-bond donors (Lipinski definition) is 1. The molecule has 0 aliphatic carbocycles. The van der Waals surface area contributed by atoms with Gasteiger partial charge in [-0.1, -0.05) is 43.0 Å². The van der Waals surface area contributed by atoms with Crippen molar-refractivity contribution < 1.29 is 14.3 Å². The van der Waals surface area contributed by atoms with Gasteiger partial charge in [0.1, 0.15) is 12.4 Å². The van der Waals surface area contributed by atoms with Gasteiger partial charge < -0.3 is 10.0 Å². The number of hydrogen-bond acceptors (Lipinski definition) is 2. The lowest BCUT2D eigenvalue weighted by molar-refractivity contribution is -0.135. The summed E-state index contributed by atoms with van der Waals surface area (Å²) in [6.07, 6.45) is 2.94. The van der Waals surface area contributed by atoms with Gasteiger partial charge in [-0.15, -0.1) is 0 Å². The van der Waals surface area contributed by atoms with Gasteiger partial charge in [-0.3, -0.25) is 4.79 Å². The molecule has 0 amide bonds. The highest BCUT2D eigenvalue weighted by Gasteiger charge is 2.23. The van der Waals surface area contributed by atoms with Gasteiger partial charge in [-0.05, 0) is 42.2 Å². The summed E-state index contributed by atoms with van der Waals surface area (Å²) < 4.78 is 13.8. The van der Waals surface area contributed by atoms with Crippen LogP contribution < -0.4 is 4.90 Å². The van der Waals surface area contributed by atoms with Crippen molar-refractivity contribution in [3.8, 4) is 0 Å². The summed E-state index contributed by atoms with van der Waals surface area (Å²) in [6.45, 7) is 3.94. The van der Waals surface area contributed by atoms with Crippen LogP contribution in [-0.4, -0.2) is 17.6 Å². The molecule has 1 aliphatic rings. The van der Waals surface area contributed by atoms with Crippen molar-refractivity contribution in [3.05, 3.63) is 83.8 Å². The Morgan fingerprint density at radius 1 is 1.08 bits per heavy atom. The van der Waals surface area contributed by atoms with Gasteiger partial charge in [0.2, 0.25) is 0 Å². The van der Waals surface area contributed by atoms with Crippen molar-refractivity contribution in [2.45, 2.75) is 12.8 Å². The number of aryl methyl sites for hydroxylation is 1. The van der Waals surface area contributed by atoms with Crippen LogP contribution in [0.4, 0.5) is 10.1 Å². The molecule has 3 rings (SSSR count). The van der Waals surface area contributed by atoms with Crippen molar-refractivity contribution in [1.82, 2.24) is 0 Å². The van der Waals surface area contributed by atoms with Crippen molar-refractivity contribution in [3.63, 3.8) is 0 Å². The lowest BCUT2D eigenvalue weighted by Gasteiger charge is -2.32. The number of carbonyl (C=O) groups is 1. The predicted molar refractivity (Wildman–Crippen MR) is 93.3 cm³/mol. The monoisotopic (exact) mass is 323 g/mol. The molecule has 122 valence electrons. The van der Waals surface area contributed by atoms with Crippen LogP contribution in [0.15, 0.2) is 66.9 Å². The fourth-order valence-corrected chi connectivity index (χ4v) is 2.99. The first kappa shape index (κ1) is 16.0.